The third-order valence-corrected chi connectivity index (χ3v) is 4.18. The lowest BCUT2D eigenvalue weighted by Crippen LogP contribution is -2.51. The van der Waals surface area contributed by atoms with E-state index in [-0.39, 0.29) is 18.1 Å². The van der Waals surface area contributed by atoms with E-state index in [4.69, 9.17) is 4.74 Å². The van der Waals surface area contributed by atoms with Crippen molar-refractivity contribution >= 4 is 35.5 Å². The average Bonchev–Trinajstić information content (AvgIpc) is 2.66. The van der Waals surface area contributed by atoms with Crippen molar-refractivity contribution in [1.29, 1.82) is 0 Å². The van der Waals surface area contributed by atoms with Gasteiger partial charge in [0, 0.05) is 11.3 Å². The average molecular weight is 393 g/mol. The molecule has 0 atom stereocenters. The van der Waals surface area contributed by atoms with Crippen molar-refractivity contribution in [2.24, 2.45) is 0 Å². The molecule has 8 nitrogen and oxygen atoms in total. The lowest BCUT2D eigenvalue weighted by Gasteiger charge is -2.15. The minimum Gasteiger partial charge on any atom is -0.483 e. The summed E-state index contributed by atoms with van der Waals surface area (Å²) in [6.45, 7) is 3.61. The molecule has 1 saturated heterocycles. The lowest BCUT2D eigenvalue weighted by atomic mass is 10.1. The summed E-state index contributed by atoms with van der Waals surface area (Å²) in [6.07, 6.45) is 1.30. The number of benzene rings is 2. The normalized spacial score (nSPS) is 13.4. The van der Waals surface area contributed by atoms with E-state index in [2.05, 4.69) is 5.32 Å². The molecule has 5 amide bonds. The second-order valence-corrected chi connectivity index (χ2v) is 6.49. The molecule has 29 heavy (non-hydrogen) atoms. The molecule has 3 N–H and O–H groups in total. The molecule has 0 unspecified atom stereocenters. The van der Waals surface area contributed by atoms with Crippen LogP contribution in [0, 0.1) is 13.8 Å². The molecule has 0 bridgehead atoms. The van der Waals surface area contributed by atoms with Gasteiger partial charge in [-0.05, 0) is 37.6 Å². The Morgan fingerprint density at radius 3 is 2.41 bits per heavy atom. The first kappa shape index (κ1) is 19.8. The van der Waals surface area contributed by atoms with Crippen LogP contribution >= 0.6 is 0 Å². The van der Waals surface area contributed by atoms with Crippen LogP contribution in [0.4, 0.5) is 10.5 Å². The largest absolute Gasteiger partial charge is 0.483 e. The molecule has 8 heteroatoms. The van der Waals surface area contributed by atoms with Crippen LogP contribution in [0.1, 0.15) is 16.7 Å². The van der Waals surface area contributed by atoms with Crippen molar-refractivity contribution in [2.75, 3.05) is 11.9 Å². The number of anilines is 1. The van der Waals surface area contributed by atoms with Crippen molar-refractivity contribution in [3.05, 3.63) is 64.7 Å². The predicted octanol–water partition coefficient (Wildman–Crippen LogP) is 2.07. The molecule has 3 rings (SSSR count). The van der Waals surface area contributed by atoms with Gasteiger partial charge in [-0.15, -0.1) is 0 Å². The SMILES string of the molecule is Cc1ccc(NC(=O)COc2ccccc2C=C2C(=O)NC(=O)NC2=O)c(C)c1. The number of amides is 5. The van der Waals surface area contributed by atoms with Gasteiger partial charge in [0.2, 0.25) is 0 Å². The van der Waals surface area contributed by atoms with Gasteiger partial charge in [0.1, 0.15) is 11.3 Å². The number of aryl methyl sites for hydroxylation is 2. The van der Waals surface area contributed by atoms with E-state index >= 15 is 0 Å². The van der Waals surface area contributed by atoms with Crippen molar-refractivity contribution < 1.29 is 23.9 Å². The van der Waals surface area contributed by atoms with E-state index in [0.29, 0.717) is 17.0 Å². The first-order valence-corrected chi connectivity index (χ1v) is 8.81. The van der Waals surface area contributed by atoms with Crippen LogP contribution in [0.15, 0.2) is 48.0 Å². The summed E-state index contributed by atoms with van der Waals surface area (Å²) in [4.78, 5) is 47.2. The summed E-state index contributed by atoms with van der Waals surface area (Å²) < 4.78 is 5.58. The third kappa shape index (κ3) is 4.86. The van der Waals surface area contributed by atoms with Gasteiger partial charge in [0.05, 0.1) is 0 Å². The number of carbonyl (C=O) groups is 4. The number of hydrogen-bond donors (Lipinski definition) is 3. The molecule has 0 saturated carbocycles. The standard InChI is InChI=1S/C21H19N3O5/c1-12-7-8-16(13(2)9-12)22-18(25)11-29-17-6-4-3-5-14(17)10-15-19(26)23-21(28)24-20(15)27/h3-10H,11H2,1-2H3,(H,22,25)(H2,23,24,26,27,28). The monoisotopic (exact) mass is 393 g/mol. The summed E-state index contributed by atoms with van der Waals surface area (Å²) in [5, 5.41) is 6.79. The highest BCUT2D eigenvalue weighted by molar-refractivity contribution is 6.31. The van der Waals surface area contributed by atoms with Crippen LogP contribution in [-0.2, 0) is 14.4 Å². The fourth-order valence-electron chi connectivity index (χ4n) is 2.78. The zero-order chi connectivity index (χ0) is 21.0. The zero-order valence-corrected chi connectivity index (χ0v) is 15.9. The van der Waals surface area contributed by atoms with Gasteiger partial charge in [-0.3, -0.25) is 25.0 Å². The quantitative estimate of drug-likeness (QED) is 0.532. The summed E-state index contributed by atoms with van der Waals surface area (Å²) in [6, 6.07) is 11.4. The molecule has 1 aliphatic rings. The summed E-state index contributed by atoms with van der Waals surface area (Å²) in [5.41, 5.74) is 2.91. The Balaban J connectivity index is 1.72. The first-order valence-electron chi connectivity index (χ1n) is 8.81. The number of rotatable bonds is 5. The summed E-state index contributed by atoms with van der Waals surface area (Å²) in [7, 11) is 0. The molecule has 2 aromatic rings. The van der Waals surface area contributed by atoms with E-state index < -0.39 is 17.8 Å². The number of nitrogens with one attached hydrogen (secondary N) is 3. The number of hydrogen-bond acceptors (Lipinski definition) is 5. The number of ether oxygens (including phenoxy) is 1. The van der Waals surface area contributed by atoms with Crippen LogP contribution in [0.2, 0.25) is 0 Å². The minimum atomic E-state index is -0.871. The number of carbonyl (C=O) groups excluding carboxylic acids is 4. The smallest absolute Gasteiger partial charge is 0.328 e. The molecule has 2 aromatic carbocycles. The van der Waals surface area contributed by atoms with Gasteiger partial charge < -0.3 is 10.1 Å². The molecule has 0 aliphatic carbocycles. The second-order valence-electron chi connectivity index (χ2n) is 6.49. The van der Waals surface area contributed by atoms with Gasteiger partial charge >= 0.3 is 6.03 Å². The van der Waals surface area contributed by atoms with Crippen LogP contribution in [0.5, 0.6) is 5.75 Å². The zero-order valence-electron chi connectivity index (χ0n) is 15.9. The van der Waals surface area contributed by atoms with Crippen LogP contribution in [0.3, 0.4) is 0 Å². The Hall–Kier alpha value is -3.94. The van der Waals surface area contributed by atoms with Gasteiger partial charge in [-0.25, -0.2) is 4.79 Å². The highest BCUT2D eigenvalue weighted by Crippen LogP contribution is 2.22. The van der Waals surface area contributed by atoms with Gasteiger partial charge in [0.15, 0.2) is 6.61 Å². The van der Waals surface area contributed by atoms with E-state index in [0.717, 1.165) is 11.1 Å². The number of barbiturate groups is 1. The van der Waals surface area contributed by atoms with Gasteiger partial charge in [-0.1, -0.05) is 35.9 Å². The molecule has 1 fully saturated rings. The van der Waals surface area contributed by atoms with Gasteiger partial charge in [0.25, 0.3) is 17.7 Å². The Kier molecular flexibility index (Phi) is 5.73. The maximum absolute atomic E-state index is 12.2. The van der Waals surface area contributed by atoms with Crippen molar-refractivity contribution in [2.45, 2.75) is 13.8 Å². The number of para-hydroxylation sites is 1. The highest BCUT2D eigenvalue weighted by Gasteiger charge is 2.28. The van der Waals surface area contributed by atoms with E-state index in [1.165, 1.54) is 6.08 Å². The van der Waals surface area contributed by atoms with E-state index in [1.54, 1.807) is 24.3 Å². The van der Waals surface area contributed by atoms with Crippen LogP contribution in [0.25, 0.3) is 6.08 Å². The van der Waals surface area contributed by atoms with Crippen LogP contribution in [-0.4, -0.2) is 30.4 Å². The topological polar surface area (TPSA) is 114 Å². The van der Waals surface area contributed by atoms with Crippen molar-refractivity contribution in [3.63, 3.8) is 0 Å². The number of imide groups is 2. The number of urea groups is 1. The lowest BCUT2D eigenvalue weighted by molar-refractivity contribution is -0.124. The van der Waals surface area contributed by atoms with Crippen molar-refractivity contribution in [3.8, 4) is 5.75 Å². The molecule has 0 radical (unpaired) electrons. The summed E-state index contributed by atoms with van der Waals surface area (Å²) >= 11 is 0. The fraction of sp³-hybridized carbons (Fsp3) is 0.143. The molecular weight excluding hydrogens is 374 g/mol. The van der Waals surface area contributed by atoms with E-state index in [1.807, 2.05) is 42.7 Å². The summed E-state index contributed by atoms with van der Waals surface area (Å²) in [5.74, 6) is -1.64. The first-order chi connectivity index (χ1) is 13.8. The Labute approximate surface area is 166 Å². The minimum absolute atomic E-state index is 0.236. The molecule has 148 valence electrons. The molecule has 1 aliphatic heterocycles. The maximum atomic E-state index is 12.2. The maximum Gasteiger partial charge on any atom is 0.328 e. The predicted molar refractivity (Wildman–Crippen MR) is 106 cm³/mol. The van der Waals surface area contributed by atoms with Crippen molar-refractivity contribution in [1.82, 2.24) is 10.6 Å². The molecule has 0 spiro atoms. The Bertz CT molecular complexity index is 1020. The molecule has 0 aromatic heterocycles. The highest BCUT2D eigenvalue weighted by atomic mass is 16.5. The van der Waals surface area contributed by atoms with Gasteiger partial charge in [-0.2, -0.15) is 0 Å². The van der Waals surface area contributed by atoms with Crippen LogP contribution < -0.4 is 20.7 Å². The fourth-order valence-corrected chi connectivity index (χ4v) is 2.78. The van der Waals surface area contributed by atoms with E-state index in [9.17, 15) is 19.2 Å². The Morgan fingerprint density at radius 2 is 1.72 bits per heavy atom. The molecular formula is C21H19N3O5. The molecule has 1 heterocycles. The second kappa shape index (κ2) is 8.39. The third-order valence-electron chi connectivity index (χ3n) is 4.18. The Morgan fingerprint density at radius 1 is 1.03 bits per heavy atom.